The number of hydrogen-bond acceptors (Lipinski definition) is 6. The predicted molar refractivity (Wildman–Crippen MR) is 115 cm³/mol. The van der Waals surface area contributed by atoms with Gasteiger partial charge in [0.05, 0.1) is 0 Å². The summed E-state index contributed by atoms with van der Waals surface area (Å²) < 4.78 is 0. The van der Waals surface area contributed by atoms with Gasteiger partial charge in [-0.2, -0.15) is 0 Å². The second-order valence-electron chi connectivity index (χ2n) is 6.51. The summed E-state index contributed by atoms with van der Waals surface area (Å²) in [6.45, 7) is 0. The molecule has 0 fully saturated rings. The van der Waals surface area contributed by atoms with Crippen LogP contribution in [0.1, 0.15) is 0 Å². The van der Waals surface area contributed by atoms with Gasteiger partial charge in [0.2, 0.25) is 0 Å². The molecule has 0 aromatic carbocycles. The van der Waals surface area contributed by atoms with Gasteiger partial charge in [0.25, 0.3) is 0 Å². The average Bonchev–Trinajstić information content (AvgIpc) is 3.31. The van der Waals surface area contributed by atoms with Crippen molar-refractivity contribution >= 4 is 19.2 Å². The highest BCUT2D eigenvalue weighted by Crippen LogP contribution is 2.25. The first-order valence-electron chi connectivity index (χ1n) is 9.20. The molecule has 0 aliphatic carbocycles. The highest BCUT2D eigenvalue weighted by molar-refractivity contribution is 6.49. The van der Waals surface area contributed by atoms with E-state index in [-0.39, 0.29) is 0 Å². The van der Waals surface area contributed by atoms with Gasteiger partial charge in [-0.15, -0.1) is 0 Å². The molecular weight excluding hydrogens is 359 g/mol. The molecule has 4 aromatic heterocycles. The molecule has 0 bridgehead atoms. The Morgan fingerprint density at radius 1 is 0.517 bits per heavy atom. The lowest BCUT2D eigenvalue weighted by atomic mass is 10.1. The van der Waals surface area contributed by atoms with Gasteiger partial charge >= 0.3 is 7.55 Å². The molecular formula is C22H16BN6. The first-order valence-corrected chi connectivity index (χ1v) is 9.20. The Morgan fingerprint density at radius 3 is 1.34 bits per heavy atom. The zero-order valence-corrected chi connectivity index (χ0v) is 15.5. The fourth-order valence-corrected chi connectivity index (χ4v) is 3.13. The monoisotopic (exact) mass is 375 g/mol. The van der Waals surface area contributed by atoms with E-state index in [1.807, 2.05) is 78.4 Å². The molecule has 5 rings (SSSR count). The van der Waals surface area contributed by atoms with E-state index in [2.05, 4.69) is 32.1 Å². The summed E-state index contributed by atoms with van der Waals surface area (Å²) in [6.07, 6.45) is 14.8. The van der Waals surface area contributed by atoms with Crippen LogP contribution in [0.15, 0.2) is 98.1 Å². The number of pyridine rings is 4. The Morgan fingerprint density at radius 2 is 0.966 bits per heavy atom. The van der Waals surface area contributed by atoms with E-state index in [9.17, 15) is 0 Å². The van der Waals surface area contributed by atoms with E-state index in [0.29, 0.717) is 0 Å². The van der Waals surface area contributed by atoms with Crippen molar-refractivity contribution in [1.29, 1.82) is 0 Å². The Balaban J connectivity index is 1.29. The molecule has 1 aliphatic heterocycles. The highest BCUT2D eigenvalue weighted by atomic mass is 15.3. The molecule has 137 valence electrons. The molecule has 0 spiro atoms. The molecule has 0 saturated carbocycles. The van der Waals surface area contributed by atoms with Gasteiger partial charge in [0.1, 0.15) is 11.6 Å². The van der Waals surface area contributed by atoms with Crippen molar-refractivity contribution in [3.63, 3.8) is 0 Å². The van der Waals surface area contributed by atoms with Crippen molar-refractivity contribution in [2.24, 2.45) is 0 Å². The van der Waals surface area contributed by atoms with Crippen molar-refractivity contribution in [3.05, 3.63) is 98.1 Å². The van der Waals surface area contributed by atoms with Crippen LogP contribution in [0.25, 0.3) is 22.3 Å². The Labute approximate surface area is 169 Å². The van der Waals surface area contributed by atoms with Gasteiger partial charge in [-0.25, -0.2) is 9.97 Å². The lowest BCUT2D eigenvalue weighted by Gasteiger charge is -2.18. The van der Waals surface area contributed by atoms with E-state index < -0.39 is 0 Å². The maximum Gasteiger partial charge on any atom is 0.402 e. The lowest BCUT2D eigenvalue weighted by molar-refractivity contribution is 1.23. The normalized spacial score (nSPS) is 12.8. The first kappa shape index (κ1) is 17.1. The third-order valence-corrected chi connectivity index (χ3v) is 4.69. The van der Waals surface area contributed by atoms with Crippen molar-refractivity contribution in [1.82, 2.24) is 19.9 Å². The number of rotatable bonds is 4. The van der Waals surface area contributed by atoms with Crippen LogP contribution in [-0.4, -0.2) is 27.5 Å². The standard InChI is InChI=1S/C22H16BN6/c1-3-21(26-15-19(1)17-5-9-24-10-6-17)28-13-14-29(23-28)22-4-2-20(16-27-22)18-7-11-25-12-8-18/h1-16H. The average molecular weight is 375 g/mol. The van der Waals surface area contributed by atoms with E-state index in [1.165, 1.54) is 0 Å². The third kappa shape index (κ3) is 3.58. The van der Waals surface area contributed by atoms with Gasteiger partial charge in [0.15, 0.2) is 0 Å². The molecule has 6 nitrogen and oxygen atoms in total. The summed E-state index contributed by atoms with van der Waals surface area (Å²) in [4.78, 5) is 21.2. The first-order chi connectivity index (χ1) is 14.4. The van der Waals surface area contributed by atoms with Crippen molar-refractivity contribution in [3.8, 4) is 22.3 Å². The fraction of sp³-hybridized carbons (Fsp3) is 0. The zero-order chi connectivity index (χ0) is 19.5. The van der Waals surface area contributed by atoms with Crippen LogP contribution < -0.4 is 9.62 Å². The maximum atomic E-state index is 4.59. The van der Waals surface area contributed by atoms with E-state index in [4.69, 9.17) is 0 Å². The van der Waals surface area contributed by atoms with Crippen LogP contribution in [0.4, 0.5) is 11.6 Å². The second kappa shape index (κ2) is 7.56. The highest BCUT2D eigenvalue weighted by Gasteiger charge is 2.20. The number of nitrogens with zero attached hydrogens (tertiary/aromatic N) is 6. The van der Waals surface area contributed by atoms with Gasteiger partial charge in [-0.05, 0) is 59.7 Å². The summed E-state index contributed by atoms with van der Waals surface area (Å²) in [7, 11) is 1.96. The Bertz CT molecular complexity index is 1020. The minimum Gasteiger partial charge on any atom is -0.358 e. The number of hydrogen-bond donors (Lipinski definition) is 0. The quantitative estimate of drug-likeness (QED) is 0.504. The summed E-state index contributed by atoms with van der Waals surface area (Å²) in [5, 5.41) is 0. The Hall–Kier alpha value is -4.00. The SMILES string of the molecule is [B]1N(c2ccc(-c3ccncc3)cn2)C=CN1c1ccc(-c2ccncc2)cn1. The van der Waals surface area contributed by atoms with Gasteiger partial charge < -0.3 is 9.62 Å². The zero-order valence-electron chi connectivity index (χ0n) is 15.5. The minimum atomic E-state index is 0.843. The summed E-state index contributed by atoms with van der Waals surface area (Å²) in [6, 6.07) is 16.0. The summed E-state index contributed by atoms with van der Waals surface area (Å²) in [5.74, 6) is 1.69. The van der Waals surface area contributed by atoms with Crippen molar-refractivity contribution in [2.75, 3.05) is 9.62 Å². The molecule has 0 atom stereocenters. The van der Waals surface area contributed by atoms with Gasteiger partial charge in [-0.1, -0.05) is 0 Å². The minimum absolute atomic E-state index is 0.843. The van der Waals surface area contributed by atoms with Crippen LogP contribution in [0, 0.1) is 0 Å². The van der Waals surface area contributed by atoms with E-state index >= 15 is 0 Å². The molecule has 0 unspecified atom stereocenters. The van der Waals surface area contributed by atoms with Crippen LogP contribution in [0.3, 0.4) is 0 Å². The van der Waals surface area contributed by atoms with Crippen LogP contribution in [-0.2, 0) is 0 Å². The van der Waals surface area contributed by atoms with Crippen LogP contribution in [0.5, 0.6) is 0 Å². The number of anilines is 2. The Kier molecular flexibility index (Phi) is 4.46. The van der Waals surface area contributed by atoms with Crippen LogP contribution in [0.2, 0.25) is 0 Å². The van der Waals surface area contributed by atoms with E-state index in [1.54, 1.807) is 24.8 Å². The van der Waals surface area contributed by atoms with E-state index in [0.717, 1.165) is 33.9 Å². The molecule has 0 amide bonds. The van der Waals surface area contributed by atoms with Crippen LogP contribution >= 0.6 is 0 Å². The molecule has 1 radical (unpaired) electrons. The molecule has 1 aliphatic rings. The lowest BCUT2D eigenvalue weighted by Crippen LogP contribution is -2.30. The molecule has 0 N–H and O–H groups in total. The third-order valence-electron chi connectivity index (χ3n) is 4.69. The van der Waals surface area contributed by atoms with Crippen molar-refractivity contribution in [2.45, 2.75) is 0 Å². The number of aromatic nitrogens is 4. The molecule has 0 saturated heterocycles. The predicted octanol–water partition coefficient (Wildman–Crippen LogP) is 3.93. The summed E-state index contributed by atoms with van der Waals surface area (Å²) in [5.41, 5.74) is 4.31. The fourth-order valence-electron chi connectivity index (χ4n) is 3.13. The summed E-state index contributed by atoms with van der Waals surface area (Å²) >= 11 is 0. The smallest absolute Gasteiger partial charge is 0.358 e. The molecule has 7 heteroatoms. The largest absolute Gasteiger partial charge is 0.402 e. The second-order valence-corrected chi connectivity index (χ2v) is 6.51. The van der Waals surface area contributed by atoms with Crippen molar-refractivity contribution < 1.29 is 0 Å². The molecule has 29 heavy (non-hydrogen) atoms. The van der Waals surface area contributed by atoms with Gasteiger partial charge in [0, 0.05) is 60.7 Å². The topological polar surface area (TPSA) is 58.0 Å². The maximum absolute atomic E-state index is 4.59. The molecule has 4 aromatic rings. The molecule has 5 heterocycles. The van der Waals surface area contributed by atoms with Gasteiger partial charge in [-0.3, -0.25) is 9.97 Å².